The topological polar surface area (TPSA) is 32.8 Å². The Kier molecular flexibility index (Phi) is 4.09. The first kappa shape index (κ1) is 16.2. The van der Waals surface area contributed by atoms with E-state index in [2.05, 4.69) is 11.0 Å². The Bertz CT molecular complexity index is 922. The summed E-state index contributed by atoms with van der Waals surface area (Å²) < 4.78 is 5.26. The second kappa shape index (κ2) is 6.56. The number of methoxy groups -OCH3 is 1. The van der Waals surface area contributed by atoms with Crippen molar-refractivity contribution in [2.24, 2.45) is 0 Å². The van der Waals surface area contributed by atoms with E-state index >= 15 is 0 Å². The highest BCUT2D eigenvalue weighted by molar-refractivity contribution is 6.07. The molecule has 4 nitrogen and oxygen atoms in total. The van der Waals surface area contributed by atoms with E-state index in [4.69, 9.17) is 4.74 Å². The average molecular weight is 344 g/mol. The van der Waals surface area contributed by atoms with Crippen molar-refractivity contribution < 1.29 is 9.53 Å². The number of hydrogen-bond donors (Lipinski definition) is 0. The molecule has 3 aromatic carbocycles. The molecule has 130 valence electrons. The SMILES string of the molecule is COc1ccc(C2C(=O)N(C)c3ccccc3N2c2ccccc2)cc1. The molecule has 0 radical (unpaired) electrons. The second-order valence-corrected chi connectivity index (χ2v) is 6.27. The third kappa shape index (κ3) is 2.60. The predicted octanol–water partition coefficient (Wildman–Crippen LogP) is 4.55. The van der Waals surface area contributed by atoms with Crippen LogP contribution < -0.4 is 14.5 Å². The third-order valence-electron chi connectivity index (χ3n) is 4.79. The Hall–Kier alpha value is -3.27. The summed E-state index contributed by atoms with van der Waals surface area (Å²) in [5, 5.41) is 0. The van der Waals surface area contributed by atoms with Gasteiger partial charge in [0.25, 0.3) is 5.91 Å². The summed E-state index contributed by atoms with van der Waals surface area (Å²) in [7, 11) is 3.47. The maximum absolute atomic E-state index is 13.3. The fourth-order valence-electron chi connectivity index (χ4n) is 3.46. The molecule has 4 rings (SSSR count). The molecule has 26 heavy (non-hydrogen) atoms. The van der Waals surface area contributed by atoms with Crippen LogP contribution in [0.25, 0.3) is 0 Å². The number of likely N-dealkylation sites (N-methyl/N-ethyl adjacent to an activating group) is 1. The van der Waals surface area contributed by atoms with Gasteiger partial charge in [-0.15, -0.1) is 0 Å². The van der Waals surface area contributed by atoms with Gasteiger partial charge in [-0.2, -0.15) is 0 Å². The van der Waals surface area contributed by atoms with Crippen LogP contribution in [0.5, 0.6) is 5.75 Å². The molecule has 1 atom stereocenters. The largest absolute Gasteiger partial charge is 0.497 e. The number of nitrogens with zero attached hydrogens (tertiary/aromatic N) is 2. The van der Waals surface area contributed by atoms with Crippen molar-refractivity contribution >= 4 is 23.0 Å². The summed E-state index contributed by atoms with van der Waals surface area (Å²) in [6.45, 7) is 0. The summed E-state index contributed by atoms with van der Waals surface area (Å²) in [5.74, 6) is 0.815. The monoisotopic (exact) mass is 344 g/mol. The van der Waals surface area contributed by atoms with E-state index < -0.39 is 6.04 Å². The number of hydrogen-bond acceptors (Lipinski definition) is 3. The minimum Gasteiger partial charge on any atom is -0.497 e. The molecule has 0 aromatic heterocycles. The van der Waals surface area contributed by atoms with Crippen molar-refractivity contribution in [1.29, 1.82) is 0 Å². The van der Waals surface area contributed by atoms with Gasteiger partial charge in [0.2, 0.25) is 0 Å². The van der Waals surface area contributed by atoms with Crippen LogP contribution in [0.15, 0.2) is 78.9 Å². The van der Waals surface area contributed by atoms with Gasteiger partial charge in [-0.1, -0.05) is 42.5 Å². The van der Waals surface area contributed by atoms with Crippen LogP contribution in [0, 0.1) is 0 Å². The third-order valence-corrected chi connectivity index (χ3v) is 4.79. The first-order valence-corrected chi connectivity index (χ1v) is 8.55. The molecular weight excluding hydrogens is 324 g/mol. The molecule has 1 amide bonds. The highest BCUT2D eigenvalue weighted by atomic mass is 16.5. The molecule has 0 spiro atoms. The van der Waals surface area contributed by atoms with Crippen LogP contribution >= 0.6 is 0 Å². The Morgan fingerprint density at radius 1 is 0.808 bits per heavy atom. The van der Waals surface area contributed by atoms with E-state index in [9.17, 15) is 4.79 Å². The number of fused-ring (bicyclic) bond motifs is 1. The van der Waals surface area contributed by atoms with Gasteiger partial charge in [-0.25, -0.2) is 0 Å². The van der Waals surface area contributed by atoms with Gasteiger partial charge in [0, 0.05) is 12.7 Å². The molecule has 0 aliphatic carbocycles. The number of amides is 1. The summed E-state index contributed by atoms with van der Waals surface area (Å²) in [5.41, 5.74) is 3.84. The highest BCUT2D eigenvalue weighted by Gasteiger charge is 2.38. The maximum atomic E-state index is 13.3. The summed E-state index contributed by atoms with van der Waals surface area (Å²) in [4.78, 5) is 17.1. The van der Waals surface area contributed by atoms with E-state index in [1.54, 1.807) is 12.0 Å². The molecule has 0 N–H and O–H groups in total. The molecule has 4 heteroatoms. The van der Waals surface area contributed by atoms with E-state index in [1.165, 1.54) is 0 Å². The quantitative estimate of drug-likeness (QED) is 0.699. The van der Waals surface area contributed by atoms with Crippen LogP contribution in [-0.4, -0.2) is 20.1 Å². The van der Waals surface area contributed by atoms with E-state index in [0.29, 0.717) is 0 Å². The molecule has 1 unspecified atom stereocenters. The average Bonchev–Trinajstić information content (AvgIpc) is 2.71. The van der Waals surface area contributed by atoms with Gasteiger partial charge in [0.05, 0.1) is 18.5 Å². The minimum absolute atomic E-state index is 0.0396. The van der Waals surface area contributed by atoms with Gasteiger partial charge in [0.15, 0.2) is 0 Å². The number of carbonyl (C=O) groups is 1. The number of anilines is 3. The van der Waals surface area contributed by atoms with Crippen molar-refractivity contribution in [2.75, 3.05) is 24.0 Å². The fourth-order valence-corrected chi connectivity index (χ4v) is 3.46. The zero-order valence-corrected chi connectivity index (χ0v) is 14.8. The van der Waals surface area contributed by atoms with E-state index in [1.807, 2.05) is 79.8 Å². The Morgan fingerprint density at radius 3 is 2.08 bits per heavy atom. The van der Waals surface area contributed by atoms with Gasteiger partial charge in [-0.3, -0.25) is 4.79 Å². The van der Waals surface area contributed by atoms with Gasteiger partial charge in [0.1, 0.15) is 11.8 Å². The van der Waals surface area contributed by atoms with Crippen molar-refractivity contribution in [1.82, 2.24) is 0 Å². The summed E-state index contributed by atoms with van der Waals surface area (Å²) in [6.07, 6.45) is 0. The molecule has 3 aromatic rings. The molecule has 0 saturated carbocycles. The fraction of sp³-hybridized carbons (Fsp3) is 0.136. The zero-order chi connectivity index (χ0) is 18.1. The van der Waals surface area contributed by atoms with E-state index in [0.717, 1.165) is 28.4 Å². The molecule has 1 aliphatic heterocycles. The lowest BCUT2D eigenvalue weighted by Gasteiger charge is -2.42. The minimum atomic E-state index is -0.428. The molecule has 0 saturated heterocycles. The van der Waals surface area contributed by atoms with Crippen LogP contribution in [0.1, 0.15) is 11.6 Å². The van der Waals surface area contributed by atoms with Crippen molar-refractivity contribution in [3.63, 3.8) is 0 Å². The number of rotatable bonds is 3. The predicted molar refractivity (Wildman–Crippen MR) is 104 cm³/mol. The lowest BCUT2D eigenvalue weighted by atomic mass is 9.98. The zero-order valence-electron chi connectivity index (χ0n) is 14.8. The summed E-state index contributed by atoms with van der Waals surface area (Å²) in [6, 6.07) is 25.3. The van der Waals surface area contributed by atoms with Crippen LogP contribution in [0.2, 0.25) is 0 Å². The molecule has 1 heterocycles. The Labute approximate surface area is 153 Å². The van der Waals surface area contributed by atoms with Gasteiger partial charge < -0.3 is 14.5 Å². The lowest BCUT2D eigenvalue weighted by Crippen LogP contribution is -2.44. The van der Waals surface area contributed by atoms with Gasteiger partial charge in [-0.05, 0) is 42.0 Å². The van der Waals surface area contributed by atoms with Crippen LogP contribution in [0.3, 0.4) is 0 Å². The second-order valence-electron chi connectivity index (χ2n) is 6.27. The first-order chi connectivity index (χ1) is 12.7. The lowest BCUT2D eigenvalue weighted by molar-refractivity contribution is -0.119. The van der Waals surface area contributed by atoms with Crippen molar-refractivity contribution in [3.8, 4) is 5.75 Å². The number of para-hydroxylation sites is 3. The normalized spacial score (nSPS) is 16.4. The van der Waals surface area contributed by atoms with Crippen molar-refractivity contribution in [2.45, 2.75) is 6.04 Å². The number of ether oxygens (including phenoxy) is 1. The molecule has 0 bridgehead atoms. The number of benzene rings is 3. The standard InChI is InChI=1S/C22H20N2O2/c1-23-19-10-6-7-11-20(19)24(17-8-4-3-5-9-17)21(22(23)25)16-12-14-18(26-2)15-13-16/h3-15,21H,1-2H3. The summed E-state index contributed by atoms with van der Waals surface area (Å²) >= 11 is 0. The molecule has 1 aliphatic rings. The van der Waals surface area contributed by atoms with Crippen LogP contribution in [0.4, 0.5) is 17.1 Å². The Balaban J connectivity index is 1.91. The molecule has 0 fully saturated rings. The molecular formula is C22H20N2O2. The maximum Gasteiger partial charge on any atom is 0.254 e. The first-order valence-electron chi connectivity index (χ1n) is 8.55. The highest BCUT2D eigenvalue weighted by Crippen LogP contribution is 2.45. The number of carbonyl (C=O) groups excluding carboxylic acids is 1. The Morgan fingerprint density at radius 2 is 1.42 bits per heavy atom. The van der Waals surface area contributed by atoms with Crippen molar-refractivity contribution in [3.05, 3.63) is 84.4 Å². The van der Waals surface area contributed by atoms with E-state index in [-0.39, 0.29) is 5.91 Å². The van der Waals surface area contributed by atoms with Gasteiger partial charge >= 0.3 is 0 Å². The van der Waals surface area contributed by atoms with Crippen LogP contribution in [-0.2, 0) is 4.79 Å². The smallest absolute Gasteiger partial charge is 0.254 e.